The summed E-state index contributed by atoms with van der Waals surface area (Å²) in [6.07, 6.45) is -5.08. The van der Waals surface area contributed by atoms with Gasteiger partial charge in [-0.25, -0.2) is 0 Å². The third kappa shape index (κ3) is 2.57. The van der Waals surface area contributed by atoms with Crippen molar-refractivity contribution in [3.05, 3.63) is 10.6 Å². The largest absolute Gasteiger partial charge is 0.391 e. The number of hydrogen-bond acceptors (Lipinski definition) is 2. The van der Waals surface area contributed by atoms with Crippen LogP contribution < -0.4 is 0 Å². The molecule has 0 spiro atoms. The fourth-order valence-corrected chi connectivity index (χ4v) is 1.69. The molecule has 0 bridgehead atoms. The van der Waals surface area contributed by atoms with E-state index in [-0.39, 0.29) is 4.77 Å². The lowest BCUT2D eigenvalue weighted by atomic mass is 10.2. The van der Waals surface area contributed by atoms with Crippen LogP contribution >= 0.6 is 12.2 Å². The average molecular weight is 225 g/mol. The molecule has 0 aliphatic heterocycles. The molecular formula is C7H10F3N3S. The third-order valence-electron chi connectivity index (χ3n) is 1.85. The number of rotatable bonds is 2. The minimum Gasteiger partial charge on any atom is -0.301 e. The second kappa shape index (κ2) is 3.72. The van der Waals surface area contributed by atoms with Crippen molar-refractivity contribution in [3.8, 4) is 0 Å². The van der Waals surface area contributed by atoms with E-state index in [0.29, 0.717) is 5.82 Å². The van der Waals surface area contributed by atoms with Gasteiger partial charge in [0, 0.05) is 6.04 Å². The highest BCUT2D eigenvalue weighted by Crippen LogP contribution is 2.27. The van der Waals surface area contributed by atoms with Gasteiger partial charge < -0.3 is 4.57 Å². The number of aromatic amines is 1. The predicted octanol–water partition coefficient (Wildman–Crippen LogP) is 2.76. The second-order valence-electron chi connectivity index (χ2n) is 3.11. The Balaban J connectivity index is 2.90. The van der Waals surface area contributed by atoms with Crippen LogP contribution in [0.15, 0.2) is 0 Å². The Morgan fingerprint density at radius 1 is 1.57 bits per heavy atom. The number of aromatic nitrogens is 3. The van der Waals surface area contributed by atoms with Crippen LogP contribution in [0.2, 0.25) is 0 Å². The molecule has 0 saturated carbocycles. The summed E-state index contributed by atoms with van der Waals surface area (Å²) in [6.45, 7) is 3.07. The van der Waals surface area contributed by atoms with Crippen molar-refractivity contribution in [3.63, 3.8) is 0 Å². The number of hydrogen-bond donors (Lipinski definition) is 1. The summed E-state index contributed by atoms with van der Waals surface area (Å²) in [5.41, 5.74) is 0. The van der Waals surface area contributed by atoms with Gasteiger partial charge >= 0.3 is 6.18 Å². The quantitative estimate of drug-likeness (QED) is 0.785. The normalized spacial score (nSPS) is 14.4. The molecule has 0 aromatic carbocycles. The summed E-state index contributed by atoms with van der Waals surface area (Å²) < 4.78 is 37.8. The van der Waals surface area contributed by atoms with Crippen molar-refractivity contribution in [2.24, 2.45) is 0 Å². The molecule has 3 nitrogen and oxygen atoms in total. The lowest BCUT2D eigenvalue weighted by Crippen LogP contribution is -2.17. The van der Waals surface area contributed by atoms with Gasteiger partial charge in [0.1, 0.15) is 5.82 Å². The van der Waals surface area contributed by atoms with E-state index in [0.717, 1.165) is 0 Å². The van der Waals surface area contributed by atoms with E-state index < -0.39 is 18.6 Å². The molecule has 1 N–H and O–H groups in total. The zero-order chi connectivity index (χ0) is 10.9. The summed E-state index contributed by atoms with van der Waals surface area (Å²) in [7, 11) is 0. The molecule has 1 aromatic rings. The van der Waals surface area contributed by atoms with E-state index in [1.54, 1.807) is 6.92 Å². The monoisotopic (exact) mass is 225 g/mol. The maximum atomic E-state index is 12.1. The van der Waals surface area contributed by atoms with Gasteiger partial charge in [0.15, 0.2) is 4.77 Å². The molecule has 1 heterocycles. The van der Waals surface area contributed by atoms with E-state index in [1.807, 2.05) is 0 Å². The van der Waals surface area contributed by atoms with Gasteiger partial charge in [-0.2, -0.15) is 18.3 Å². The standard InChI is InChI=1S/C7H10F3N3S/c1-4(3-7(8,9)10)13-5(2)11-12-6(13)14/h4H,3H2,1-2H3,(H,12,14). The lowest BCUT2D eigenvalue weighted by molar-refractivity contribution is -0.141. The summed E-state index contributed by atoms with van der Waals surface area (Å²) in [6, 6.07) is -0.721. The molecule has 80 valence electrons. The summed E-state index contributed by atoms with van der Waals surface area (Å²) >= 11 is 4.82. The Morgan fingerprint density at radius 3 is 2.50 bits per heavy atom. The highest BCUT2D eigenvalue weighted by Gasteiger charge is 2.31. The molecule has 7 heteroatoms. The van der Waals surface area contributed by atoms with Crippen molar-refractivity contribution >= 4 is 12.2 Å². The number of halogens is 3. The van der Waals surface area contributed by atoms with Gasteiger partial charge in [0.05, 0.1) is 6.42 Å². The van der Waals surface area contributed by atoms with Crippen molar-refractivity contribution in [2.45, 2.75) is 32.5 Å². The van der Waals surface area contributed by atoms with Gasteiger partial charge in [0.2, 0.25) is 0 Å². The molecule has 0 aliphatic rings. The minimum absolute atomic E-state index is 0.222. The van der Waals surface area contributed by atoms with Crippen molar-refractivity contribution in [1.82, 2.24) is 14.8 Å². The summed E-state index contributed by atoms with van der Waals surface area (Å²) in [5.74, 6) is 0.465. The van der Waals surface area contributed by atoms with Crippen LogP contribution in [0.25, 0.3) is 0 Å². The van der Waals surface area contributed by atoms with Crippen molar-refractivity contribution < 1.29 is 13.2 Å². The maximum Gasteiger partial charge on any atom is 0.391 e. The lowest BCUT2D eigenvalue weighted by Gasteiger charge is -2.15. The first-order chi connectivity index (χ1) is 6.31. The highest BCUT2D eigenvalue weighted by molar-refractivity contribution is 7.71. The molecule has 0 saturated heterocycles. The minimum atomic E-state index is -4.18. The Hall–Kier alpha value is -0.850. The zero-order valence-corrected chi connectivity index (χ0v) is 8.54. The van der Waals surface area contributed by atoms with Crippen LogP contribution in [0.1, 0.15) is 25.2 Å². The maximum absolute atomic E-state index is 12.1. The molecule has 1 unspecified atom stereocenters. The van der Waals surface area contributed by atoms with Gasteiger partial charge in [0.25, 0.3) is 0 Å². The van der Waals surface area contributed by atoms with Crippen LogP contribution in [0.4, 0.5) is 13.2 Å². The topological polar surface area (TPSA) is 33.6 Å². The zero-order valence-electron chi connectivity index (χ0n) is 7.72. The first-order valence-corrected chi connectivity index (χ1v) is 4.42. The van der Waals surface area contributed by atoms with Crippen LogP contribution in [-0.4, -0.2) is 20.9 Å². The van der Waals surface area contributed by atoms with Gasteiger partial charge in [-0.05, 0) is 26.1 Å². The number of H-pyrrole nitrogens is 1. The Bertz CT molecular complexity index is 365. The molecule has 1 aromatic heterocycles. The van der Waals surface area contributed by atoms with Crippen molar-refractivity contribution in [1.29, 1.82) is 0 Å². The van der Waals surface area contributed by atoms with E-state index in [1.165, 1.54) is 11.5 Å². The molecule has 0 amide bonds. The molecule has 0 fully saturated rings. The first-order valence-electron chi connectivity index (χ1n) is 4.01. The molecule has 1 rings (SSSR count). The van der Waals surface area contributed by atoms with Crippen LogP contribution in [0.5, 0.6) is 0 Å². The predicted molar refractivity (Wildman–Crippen MR) is 47.5 cm³/mol. The van der Waals surface area contributed by atoms with E-state index in [4.69, 9.17) is 12.2 Å². The van der Waals surface area contributed by atoms with E-state index in [9.17, 15) is 13.2 Å². The van der Waals surface area contributed by atoms with Gasteiger partial charge in [-0.1, -0.05) is 0 Å². The molecule has 0 radical (unpaired) electrons. The fourth-order valence-electron chi connectivity index (χ4n) is 1.33. The summed E-state index contributed by atoms with van der Waals surface area (Å²) in [5, 5.41) is 6.20. The summed E-state index contributed by atoms with van der Waals surface area (Å²) in [4.78, 5) is 0. The Morgan fingerprint density at radius 2 is 2.14 bits per heavy atom. The highest BCUT2D eigenvalue weighted by atomic mass is 32.1. The average Bonchev–Trinajstić information content (AvgIpc) is 2.27. The molecule has 0 aliphatic carbocycles. The fraction of sp³-hybridized carbons (Fsp3) is 0.714. The molecule has 1 atom stereocenters. The molecule has 14 heavy (non-hydrogen) atoms. The van der Waals surface area contributed by atoms with Gasteiger partial charge in [-0.3, -0.25) is 5.10 Å². The number of nitrogens with one attached hydrogen (secondary N) is 1. The number of aryl methyl sites for hydroxylation is 1. The van der Waals surface area contributed by atoms with Gasteiger partial charge in [-0.15, -0.1) is 0 Å². The van der Waals surface area contributed by atoms with E-state index in [2.05, 4.69) is 10.2 Å². The Kier molecular flexibility index (Phi) is 2.98. The second-order valence-corrected chi connectivity index (χ2v) is 3.50. The smallest absolute Gasteiger partial charge is 0.301 e. The van der Waals surface area contributed by atoms with E-state index >= 15 is 0 Å². The number of nitrogens with zero attached hydrogens (tertiary/aromatic N) is 2. The van der Waals surface area contributed by atoms with Crippen LogP contribution in [0, 0.1) is 11.7 Å². The SMILES string of the molecule is Cc1n[nH]c(=S)n1C(C)CC(F)(F)F. The van der Waals surface area contributed by atoms with Crippen LogP contribution in [-0.2, 0) is 0 Å². The molecular weight excluding hydrogens is 215 g/mol. The first kappa shape index (κ1) is 11.2. The Labute approximate surface area is 83.9 Å². The van der Waals surface area contributed by atoms with Crippen LogP contribution in [0.3, 0.4) is 0 Å². The number of alkyl halides is 3. The third-order valence-corrected chi connectivity index (χ3v) is 2.14. The van der Waals surface area contributed by atoms with Crippen molar-refractivity contribution in [2.75, 3.05) is 0 Å².